The zero-order valence-electron chi connectivity index (χ0n) is 20.7. The normalized spacial score (nSPS) is 12.0. The maximum absolute atomic E-state index is 13.7. The lowest BCUT2D eigenvalue weighted by Crippen LogP contribution is -2.50. The van der Waals surface area contributed by atoms with Gasteiger partial charge in [-0.05, 0) is 68.3 Å². The SMILES string of the molecule is CNC(=O)[C@@H](C)N(Cc1cccc(Br)c1)C(=O)CN(c1cccc(C)c1)S(=O)(=O)c1ccc(C)cc1. The lowest BCUT2D eigenvalue weighted by Gasteiger charge is -2.32. The summed E-state index contributed by atoms with van der Waals surface area (Å²) < 4.78 is 29.4. The van der Waals surface area contributed by atoms with Gasteiger partial charge in [-0.15, -0.1) is 0 Å². The molecule has 2 amide bonds. The van der Waals surface area contributed by atoms with Crippen LogP contribution in [0.15, 0.2) is 82.2 Å². The van der Waals surface area contributed by atoms with Gasteiger partial charge in [-0.25, -0.2) is 8.42 Å². The topological polar surface area (TPSA) is 86.8 Å². The van der Waals surface area contributed by atoms with E-state index in [-0.39, 0.29) is 17.3 Å². The van der Waals surface area contributed by atoms with Gasteiger partial charge in [0.1, 0.15) is 12.6 Å². The predicted molar refractivity (Wildman–Crippen MR) is 145 cm³/mol. The number of carbonyl (C=O) groups excluding carboxylic acids is 2. The summed E-state index contributed by atoms with van der Waals surface area (Å²) in [4.78, 5) is 27.7. The van der Waals surface area contributed by atoms with E-state index in [0.29, 0.717) is 5.69 Å². The van der Waals surface area contributed by atoms with Crippen molar-refractivity contribution in [2.45, 2.75) is 38.3 Å². The molecule has 0 heterocycles. The molecule has 1 atom stereocenters. The summed E-state index contributed by atoms with van der Waals surface area (Å²) in [6, 6.07) is 20.1. The molecule has 0 radical (unpaired) electrons. The third-order valence-electron chi connectivity index (χ3n) is 5.83. The lowest BCUT2D eigenvalue weighted by atomic mass is 10.1. The Balaban J connectivity index is 2.03. The number of benzene rings is 3. The largest absolute Gasteiger partial charge is 0.357 e. The van der Waals surface area contributed by atoms with Crippen molar-refractivity contribution >= 4 is 43.5 Å². The highest BCUT2D eigenvalue weighted by Gasteiger charge is 2.32. The van der Waals surface area contributed by atoms with Crippen LogP contribution in [0.5, 0.6) is 0 Å². The average Bonchev–Trinajstić information content (AvgIpc) is 2.85. The summed E-state index contributed by atoms with van der Waals surface area (Å²) in [7, 11) is -2.57. The van der Waals surface area contributed by atoms with Gasteiger partial charge < -0.3 is 10.2 Å². The monoisotopic (exact) mass is 571 g/mol. The zero-order valence-corrected chi connectivity index (χ0v) is 23.1. The Morgan fingerprint density at radius 2 is 1.61 bits per heavy atom. The Labute approximate surface area is 221 Å². The molecule has 3 rings (SSSR count). The first kappa shape index (κ1) is 27.4. The van der Waals surface area contributed by atoms with Crippen LogP contribution in [0, 0.1) is 13.8 Å². The van der Waals surface area contributed by atoms with Gasteiger partial charge in [0.15, 0.2) is 0 Å². The standard InChI is InChI=1S/C27H30BrN3O4S/c1-19-11-13-25(14-12-19)36(34,35)31(24-10-5-7-20(2)15-24)18-26(32)30(21(3)27(33)29-4)17-22-8-6-9-23(28)16-22/h5-16,21H,17-18H2,1-4H3,(H,29,33)/t21-/m1/s1. The minimum absolute atomic E-state index is 0.0836. The summed E-state index contributed by atoms with van der Waals surface area (Å²) >= 11 is 3.43. The van der Waals surface area contributed by atoms with Crippen molar-refractivity contribution < 1.29 is 18.0 Å². The number of hydrogen-bond donors (Lipinski definition) is 1. The fourth-order valence-electron chi connectivity index (χ4n) is 3.77. The van der Waals surface area contributed by atoms with E-state index in [1.165, 1.54) is 24.1 Å². The number of anilines is 1. The van der Waals surface area contributed by atoms with Crippen molar-refractivity contribution in [3.63, 3.8) is 0 Å². The number of sulfonamides is 1. The zero-order chi connectivity index (χ0) is 26.5. The van der Waals surface area contributed by atoms with E-state index in [9.17, 15) is 18.0 Å². The molecule has 3 aromatic carbocycles. The lowest BCUT2D eigenvalue weighted by molar-refractivity contribution is -0.139. The third kappa shape index (κ3) is 6.53. The molecule has 1 N–H and O–H groups in total. The summed E-state index contributed by atoms with van der Waals surface area (Å²) in [5.74, 6) is -0.842. The molecule has 0 aliphatic carbocycles. The maximum atomic E-state index is 13.7. The minimum Gasteiger partial charge on any atom is -0.357 e. The molecule has 0 saturated carbocycles. The van der Waals surface area contributed by atoms with Crippen molar-refractivity contribution in [3.05, 3.63) is 94.0 Å². The number of amides is 2. The molecule has 0 unspecified atom stereocenters. The molecule has 0 fully saturated rings. The van der Waals surface area contributed by atoms with Crippen LogP contribution in [0.1, 0.15) is 23.6 Å². The average molecular weight is 573 g/mol. The molecule has 0 aromatic heterocycles. The Morgan fingerprint density at radius 1 is 0.944 bits per heavy atom. The molecule has 9 heteroatoms. The van der Waals surface area contributed by atoms with Crippen LogP contribution in [0.4, 0.5) is 5.69 Å². The highest BCUT2D eigenvalue weighted by molar-refractivity contribution is 9.10. The fraction of sp³-hybridized carbons (Fsp3) is 0.259. The van der Waals surface area contributed by atoms with Gasteiger partial charge in [-0.1, -0.05) is 57.9 Å². The van der Waals surface area contributed by atoms with Crippen LogP contribution >= 0.6 is 15.9 Å². The second kappa shape index (κ2) is 11.7. The van der Waals surface area contributed by atoms with Crippen molar-refractivity contribution in [2.75, 3.05) is 17.9 Å². The molecular formula is C27H30BrN3O4S. The van der Waals surface area contributed by atoms with Gasteiger partial charge in [0, 0.05) is 18.1 Å². The molecule has 0 saturated heterocycles. The van der Waals surface area contributed by atoms with Gasteiger partial charge >= 0.3 is 0 Å². The van der Waals surface area contributed by atoms with E-state index < -0.39 is 28.5 Å². The number of rotatable bonds is 9. The minimum atomic E-state index is -4.07. The quantitative estimate of drug-likeness (QED) is 0.411. The third-order valence-corrected chi connectivity index (χ3v) is 8.11. The van der Waals surface area contributed by atoms with E-state index in [1.54, 1.807) is 37.3 Å². The molecule has 36 heavy (non-hydrogen) atoms. The van der Waals surface area contributed by atoms with Crippen molar-refractivity contribution in [1.29, 1.82) is 0 Å². The van der Waals surface area contributed by atoms with Gasteiger partial charge in [-0.3, -0.25) is 13.9 Å². The molecule has 7 nitrogen and oxygen atoms in total. The Hall–Kier alpha value is -3.17. The van der Waals surface area contributed by atoms with Crippen LogP contribution in [-0.4, -0.2) is 44.8 Å². The number of nitrogens with zero attached hydrogens (tertiary/aromatic N) is 2. The highest BCUT2D eigenvalue weighted by Crippen LogP contribution is 2.26. The van der Waals surface area contributed by atoms with Crippen LogP contribution in [0.2, 0.25) is 0 Å². The van der Waals surface area contributed by atoms with E-state index in [1.807, 2.05) is 44.2 Å². The van der Waals surface area contributed by atoms with Crippen molar-refractivity contribution in [3.8, 4) is 0 Å². The maximum Gasteiger partial charge on any atom is 0.264 e. The summed E-state index contributed by atoms with van der Waals surface area (Å²) in [6.07, 6.45) is 0. The van der Waals surface area contributed by atoms with E-state index >= 15 is 0 Å². The number of likely N-dealkylation sites (N-methyl/N-ethyl adjacent to an activating group) is 1. The Morgan fingerprint density at radius 3 is 2.22 bits per heavy atom. The number of halogens is 1. The van der Waals surface area contributed by atoms with Crippen LogP contribution in [0.25, 0.3) is 0 Å². The summed E-state index contributed by atoms with van der Waals surface area (Å²) in [5, 5.41) is 2.58. The smallest absolute Gasteiger partial charge is 0.264 e. The summed E-state index contributed by atoms with van der Waals surface area (Å²) in [5.41, 5.74) is 2.96. The molecular weight excluding hydrogens is 542 g/mol. The predicted octanol–water partition coefficient (Wildman–Crippen LogP) is 4.42. The first-order valence-corrected chi connectivity index (χ1v) is 13.7. The second-order valence-electron chi connectivity index (χ2n) is 8.61. The number of nitrogens with one attached hydrogen (secondary N) is 1. The van der Waals surface area contributed by atoms with Gasteiger partial charge in [0.25, 0.3) is 10.0 Å². The van der Waals surface area contributed by atoms with Gasteiger partial charge in [0.2, 0.25) is 11.8 Å². The molecule has 0 aliphatic rings. The first-order valence-electron chi connectivity index (χ1n) is 11.4. The molecule has 0 aliphatic heterocycles. The van der Waals surface area contributed by atoms with Crippen LogP contribution in [0.3, 0.4) is 0 Å². The number of carbonyl (C=O) groups is 2. The van der Waals surface area contributed by atoms with E-state index in [2.05, 4.69) is 21.2 Å². The summed E-state index contributed by atoms with van der Waals surface area (Å²) in [6.45, 7) is 5.03. The molecule has 3 aromatic rings. The second-order valence-corrected chi connectivity index (χ2v) is 11.4. The number of aryl methyl sites for hydroxylation is 2. The molecule has 0 bridgehead atoms. The Bertz CT molecular complexity index is 1340. The van der Waals surface area contributed by atoms with Crippen molar-refractivity contribution in [1.82, 2.24) is 10.2 Å². The van der Waals surface area contributed by atoms with Crippen molar-refractivity contribution in [2.24, 2.45) is 0 Å². The fourth-order valence-corrected chi connectivity index (χ4v) is 5.63. The van der Waals surface area contributed by atoms with E-state index in [0.717, 1.165) is 25.5 Å². The van der Waals surface area contributed by atoms with Gasteiger partial charge in [0.05, 0.1) is 10.6 Å². The van der Waals surface area contributed by atoms with E-state index in [4.69, 9.17) is 0 Å². The van der Waals surface area contributed by atoms with Crippen LogP contribution in [-0.2, 0) is 26.2 Å². The molecule has 0 spiro atoms. The number of hydrogen-bond acceptors (Lipinski definition) is 4. The first-order chi connectivity index (χ1) is 17.0. The highest BCUT2D eigenvalue weighted by atomic mass is 79.9. The van der Waals surface area contributed by atoms with Gasteiger partial charge in [-0.2, -0.15) is 0 Å². The molecule has 190 valence electrons. The van der Waals surface area contributed by atoms with Crippen LogP contribution < -0.4 is 9.62 Å². The Kier molecular flexibility index (Phi) is 8.92.